The largest absolute Gasteiger partial charge is 0.351 e. The van der Waals surface area contributed by atoms with Crippen LogP contribution in [0.2, 0.25) is 0 Å². The minimum atomic E-state index is -0.910. The van der Waals surface area contributed by atoms with E-state index in [4.69, 9.17) is 23.2 Å². The van der Waals surface area contributed by atoms with E-state index in [2.05, 4.69) is 41.4 Å². The Morgan fingerprint density at radius 3 is 2.50 bits per heavy atom. The molecule has 2 aliphatic rings. The lowest BCUT2D eigenvalue weighted by atomic mass is 9.99. The van der Waals surface area contributed by atoms with Crippen LogP contribution in [-0.4, -0.2) is 28.2 Å². The van der Waals surface area contributed by atoms with Gasteiger partial charge in [-0.25, -0.2) is 0 Å². The summed E-state index contributed by atoms with van der Waals surface area (Å²) >= 11 is 12.1. The average Bonchev–Trinajstić information content (AvgIpc) is 3.06. The van der Waals surface area contributed by atoms with Crippen molar-refractivity contribution in [2.45, 2.75) is 50.5 Å². The Kier molecular flexibility index (Phi) is 5.15. The zero-order chi connectivity index (χ0) is 17.4. The zero-order valence-electron chi connectivity index (χ0n) is 14.4. The van der Waals surface area contributed by atoms with Gasteiger partial charge in [-0.15, -0.1) is 23.2 Å². The summed E-state index contributed by atoms with van der Waals surface area (Å²) in [6, 6.07) is 8.50. The number of nitrogens with one attached hydrogen (secondary N) is 1. The number of hydrogen-bond donors (Lipinski definition) is 1. The molecule has 1 heterocycles. The summed E-state index contributed by atoms with van der Waals surface area (Å²) in [6.07, 6.45) is 3.16. The summed E-state index contributed by atoms with van der Waals surface area (Å²) in [5.74, 6) is 0.729. The third-order valence-electron chi connectivity index (χ3n) is 5.38. The molecule has 5 heteroatoms. The SMILES string of the molecule is CC1CCCN(Cc2ccc(CNC(=O)C3(C)CC3(Cl)Cl)cc2)C1. The Morgan fingerprint density at radius 2 is 1.92 bits per heavy atom. The lowest BCUT2D eigenvalue weighted by Gasteiger charge is -2.30. The molecule has 3 rings (SSSR count). The molecule has 0 spiro atoms. The highest BCUT2D eigenvalue weighted by Gasteiger charge is 2.67. The predicted molar refractivity (Wildman–Crippen MR) is 99.1 cm³/mol. The summed E-state index contributed by atoms with van der Waals surface area (Å²) in [5, 5.41) is 2.95. The van der Waals surface area contributed by atoms with Crippen molar-refractivity contribution >= 4 is 29.1 Å². The average molecular weight is 369 g/mol. The standard InChI is InChI=1S/C19H26Cl2N2O/c1-14-4-3-9-23(11-14)12-16-7-5-15(6-8-16)10-22-17(24)18(2)13-19(18,20)21/h5-8,14H,3-4,9-13H2,1-2H3,(H,22,24). The molecule has 1 N–H and O–H groups in total. The van der Waals surface area contributed by atoms with Crippen molar-refractivity contribution in [1.29, 1.82) is 0 Å². The Morgan fingerprint density at radius 1 is 1.29 bits per heavy atom. The molecule has 1 aliphatic heterocycles. The van der Waals surface area contributed by atoms with E-state index in [1.807, 2.05) is 6.92 Å². The van der Waals surface area contributed by atoms with Gasteiger partial charge in [-0.05, 0) is 49.8 Å². The van der Waals surface area contributed by atoms with E-state index in [-0.39, 0.29) is 5.91 Å². The van der Waals surface area contributed by atoms with Gasteiger partial charge in [-0.2, -0.15) is 0 Å². The maximum absolute atomic E-state index is 12.2. The second kappa shape index (κ2) is 6.86. The van der Waals surface area contributed by atoms with Crippen molar-refractivity contribution in [3.8, 4) is 0 Å². The first-order valence-electron chi connectivity index (χ1n) is 8.76. The number of halogens is 2. The van der Waals surface area contributed by atoms with Gasteiger partial charge >= 0.3 is 0 Å². The van der Waals surface area contributed by atoms with Gasteiger partial charge in [0.2, 0.25) is 5.91 Å². The molecular formula is C19H26Cl2N2O. The van der Waals surface area contributed by atoms with E-state index in [1.54, 1.807) is 0 Å². The molecule has 132 valence electrons. The minimum Gasteiger partial charge on any atom is -0.351 e. The fraction of sp³-hybridized carbons (Fsp3) is 0.632. The summed E-state index contributed by atoms with van der Waals surface area (Å²) in [7, 11) is 0. The number of hydrogen-bond acceptors (Lipinski definition) is 2. The molecule has 1 aromatic rings. The van der Waals surface area contributed by atoms with Gasteiger partial charge < -0.3 is 5.32 Å². The first kappa shape index (κ1) is 18.0. The van der Waals surface area contributed by atoms with E-state index >= 15 is 0 Å². The second-order valence-electron chi connectivity index (χ2n) is 7.70. The van der Waals surface area contributed by atoms with Crippen LogP contribution in [0.1, 0.15) is 44.2 Å². The van der Waals surface area contributed by atoms with E-state index in [0.29, 0.717) is 13.0 Å². The molecule has 1 aromatic carbocycles. The van der Waals surface area contributed by atoms with Gasteiger partial charge in [0, 0.05) is 19.6 Å². The fourth-order valence-electron chi connectivity index (χ4n) is 3.47. The number of carbonyl (C=O) groups excluding carboxylic acids is 1. The van der Waals surface area contributed by atoms with Crippen molar-refractivity contribution in [1.82, 2.24) is 10.2 Å². The third kappa shape index (κ3) is 3.89. The summed E-state index contributed by atoms with van der Waals surface area (Å²) < 4.78 is -0.910. The molecule has 0 radical (unpaired) electrons. The van der Waals surface area contributed by atoms with Crippen molar-refractivity contribution < 1.29 is 4.79 Å². The van der Waals surface area contributed by atoms with Crippen molar-refractivity contribution in [3.63, 3.8) is 0 Å². The minimum absolute atomic E-state index is 0.0705. The molecule has 0 bridgehead atoms. The van der Waals surface area contributed by atoms with E-state index in [9.17, 15) is 4.79 Å². The van der Waals surface area contributed by atoms with Gasteiger partial charge in [0.25, 0.3) is 0 Å². The molecule has 24 heavy (non-hydrogen) atoms. The van der Waals surface area contributed by atoms with Crippen LogP contribution < -0.4 is 5.32 Å². The molecule has 0 aromatic heterocycles. The Bertz CT molecular complexity index is 602. The topological polar surface area (TPSA) is 32.3 Å². The molecule has 2 atom stereocenters. The fourth-order valence-corrected chi connectivity index (χ4v) is 4.18. The van der Waals surface area contributed by atoms with E-state index in [1.165, 1.54) is 31.5 Å². The van der Waals surface area contributed by atoms with Crippen LogP contribution in [0.25, 0.3) is 0 Å². The van der Waals surface area contributed by atoms with Gasteiger partial charge in [-0.1, -0.05) is 31.2 Å². The summed E-state index contributed by atoms with van der Waals surface area (Å²) in [6.45, 7) is 8.05. The van der Waals surface area contributed by atoms with Crippen molar-refractivity contribution in [2.24, 2.45) is 11.3 Å². The molecular weight excluding hydrogens is 343 g/mol. The Labute approximate surface area is 154 Å². The zero-order valence-corrected chi connectivity index (χ0v) is 16.0. The number of amides is 1. The molecule has 3 nitrogen and oxygen atoms in total. The Balaban J connectivity index is 1.49. The van der Waals surface area contributed by atoms with Crippen LogP contribution >= 0.6 is 23.2 Å². The molecule has 1 saturated heterocycles. The van der Waals surface area contributed by atoms with Crippen LogP contribution in [0.3, 0.4) is 0 Å². The molecule has 1 amide bonds. The Hall–Kier alpha value is -0.770. The number of alkyl halides is 2. The van der Waals surface area contributed by atoms with Gasteiger partial charge in [0.05, 0.1) is 5.41 Å². The quantitative estimate of drug-likeness (QED) is 0.792. The van der Waals surface area contributed by atoms with Crippen LogP contribution in [-0.2, 0) is 17.9 Å². The molecule has 1 saturated carbocycles. The molecule has 2 fully saturated rings. The number of benzene rings is 1. The van der Waals surface area contributed by atoms with E-state index in [0.717, 1.165) is 18.0 Å². The highest BCUT2D eigenvalue weighted by Crippen LogP contribution is 2.63. The van der Waals surface area contributed by atoms with Crippen molar-refractivity contribution in [3.05, 3.63) is 35.4 Å². The highest BCUT2D eigenvalue weighted by molar-refractivity contribution is 6.53. The number of likely N-dealkylation sites (tertiary alicyclic amines) is 1. The number of carbonyl (C=O) groups is 1. The third-order valence-corrected chi connectivity index (χ3v) is 6.48. The second-order valence-corrected chi connectivity index (χ2v) is 9.18. The first-order valence-corrected chi connectivity index (χ1v) is 9.52. The summed E-state index contributed by atoms with van der Waals surface area (Å²) in [4.78, 5) is 14.7. The maximum Gasteiger partial charge on any atom is 0.229 e. The van der Waals surface area contributed by atoms with Crippen LogP contribution in [0, 0.1) is 11.3 Å². The highest BCUT2D eigenvalue weighted by atomic mass is 35.5. The van der Waals surface area contributed by atoms with Crippen molar-refractivity contribution in [2.75, 3.05) is 13.1 Å². The lowest BCUT2D eigenvalue weighted by Crippen LogP contribution is -2.33. The smallest absolute Gasteiger partial charge is 0.229 e. The number of rotatable bonds is 5. The van der Waals surface area contributed by atoms with Gasteiger partial charge in [0.15, 0.2) is 0 Å². The monoisotopic (exact) mass is 368 g/mol. The predicted octanol–water partition coefficient (Wildman–Crippen LogP) is 4.12. The van der Waals surface area contributed by atoms with Gasteiger partial charge in [0.1, 0.15) is 4.33 Å². The van der Waals surface area contributed by atoms with E-state index < -0.39 is 9.75 Å². The number of nitrogens with zero attached hydrogens (tertiary/aromatic N) is 1. The maximum atomic E-state index is 12.2. The first-order chi connectivity index (χ1) is 11.3. The van der Waals surface area contributed by atoms with Gasteiger partial charge in [-0.3, -0.25) is 9.69 Å². The molecule has 1 aliphatic carbocycles. The van der Waals surface area contributed by atoms with Crippen LogP contribution in [0.4, 0.5) is 0 Å². The normalized spacial score (nSPS) is 29.2. The van der Waals surface area contributed by atoms with Crippen LogP contribution in [0.5, 0.6) is 0 Å². The lowest BCUT2D eigenvalue weighted by molar-refractivity contribution is -0.125. The number of piperidine rings is 1. The summed E-state index contributed by atoms with van der Waals surface area (Å²) in [5.41, 5.74) is 1.77. The van der Waals surface area contributed by atoms with Crippen LogP contribution in [0.15, 0.2) is 24.3 Å². The molecule has 2 unspecified atom stereocenters.